The number of hydrogen-bond acceptors (Lipinski definition) is 5. The third kappa shape index (κ3) is 4.74. The van der Waals surface area contributed by atoms with Crippen LogP contribution in [0, 0.1) is 6.92 Å². The molecule has 3 aromatic rings. The lowest BCUT2D eigenvalue weighted by molar-refractivity contribution is 0.0391. The molecule has 0 unspecified atom stereocenters. The molecule has 0 aliphatic carbocycles. The van der Waals surface area contributed by atoms with Gasteiger partial charge in [-0.2, -0.15) is 0 Å². The van der Waals surface area contributed by atoms with Gasteiger partial charge in [-0.15, -0.1) is 0 Å². The highest BCUT2D eigenvalue weighted by Crippen LogP contribution is 2.34. The first kappa shape index (κ1) is 21.8. The predicted octanol–water partition coefficient (Wildman–Crippen LogP) is 5.54. The molecule has 0 atom stereocenters. The zero-order valence-corrected chi connectivity index (χ0v) is 19.4. The molecule has 5 nitrogen and oxygen atoms in total. The molecule has 0 radical (unpaired) electrons. The van der Waals surface area contributed by atoms with Gasteiger partial charge in [-0.05, 0) is 42.8 Å². The van der Waals surface area contributed by atoms with Crippen LogP contribution in [-0.2, 0) is 4.74 Å². The van der Waals surface area contributed by atoms with Crippen molar-refractivity contribution < 1.29 is 9.53 Å². The number of hydrogen-bond donors (Lipinski definition) is 0. The molecular weight excluding hydrogens is 465 g/mol. The van der Waals surface area contributed by atoms with Crippen molar-refractivity contribution in [1.82, 2.24) is 9.88 Å². The zero-order valence-electron chi connectivity index (χ0n) is 16.3. The van der Waals surface area contributed by atoms with Crippen LogP contribution in [0.4, 0.5) is 5.13 Å². The maximum Gasteiger partial charge on any atom is 0.260 e. The SMILES string of the molecule is Cc1c(Cl)ccc2sc(N(CCN3CCOCC3)C(=O)c3cc(Cl)cc(Cl)c3)nc12. The van der Waals surface area contributed by atoms with Crippen molar-refractivity contribution >= 4 is 67.4 Å². The highest BCUT2D eigenvalue weighted by Gasteiger charge is 2.24. The lowest BCUT2D eigenvalue weighted by Gasteiger charge is -2.29. The molecule has 1 fully saturated rings. The normalized spacial score (nSPS) is 14.9. The lowest BCUT2D eigenvalue weighted by atomic mass is 10.2. The summed E-state index contributed by atoms with van der Waals surface area (Å²) in [6.45, 7) is 6.26. The number of thiazole rings is 1. The molecule has 0 spiro atoms. The number of rotatable bonds is 5. The number of aromatic nitrogens is 1. The molecule has 0 bridgehead atoms. The van der Waals surface area contributed by atoms with Crippen LogP contribution in [0.5, 0.6) is 0 Å². The van der Waals surface area contributed by atoms with Gasteiger partial charge in [-0.25, -0.2) is 4.98 Å². The minimum Gasteiger partial charge on any atom is -0.379 e. The van der Waals surface area contributed by atoms with Crippen molar-refractivity contribution in [3.8, 4) is 0 Å². The monoisotopic (exact) mass is 483 g/mol. The van der Waals surface area contributed by atoms with E-state index < -0.39 is 0 Å². The largest absolute Gasteiger partial charge is 0.379 e. The van der Waals surface area contributed by atoms with Crippen molar-refractivity contribution in [3.63, 3.8) is 0 Å². The van der Waals surface area contributed by atoms with Crippen molar-refractivity contribution in [2.24, 2.45) is 0 Å². The molecule has 2 aromatic carbocycles. The molecule has 1 amide bonds. The molecule has 2 heterocycles. The molecule has 158 valence electrons. The number of nitrogens with zero attached hydrogens (tertiary/aromatic N) is 3. The van der Waals surface area contributed by atoms with E-state index in [9.17, 15) is 4.79 Å². The van der Waals surface area contributed by atoms with E-state index in [0.717, 1.165) is 35.4 Å². The van der Waals surface area contributed by atoms with Crippen LogP contribution in [0.15, 0.2) is 30.3 Å². The number of halogens is 3. The first-order valence-corrected chi connectivity index (χ1v) is 11.5. The molecule has 1 aliphatic heterocycles. The first-order chi connectivity index (χ1) is 14.4. The Morgan fingerprint density at radius 2 is 1.87 bits per heavy atom. The van der Waals surface area contributed by atoms with E-state index in [1.807, 2.05) is 19.1 Å². The summed E-state index contributed by atoms with van der Waals surface area (Å²) in [4.78, 5) is 22.2. The van der Waals surface area contributed by atoms with E-state index in [2.05, 4.69) is 4.90 Å². The number of carbonyl (C=O) groups excluding carboxylic acids is 1. The number of carbonyl (C=O) groups is 1. The predicted molar refractivity (Wildman–Crippen MR) is 125 cm³/mol. The average molecular weight is 485 g/mol. The first-order valence-electron chi connectivity index (χ1n) is 9.56. The van der Waals surface area contributed by atoms with Crippen molar-refractivity contribution in [2.45, 2.75) is 6.92 Å². The summed E-state index contributed by atoms with van der Waals surface area (Å²) >= 11 is 20.0. The fourth-order valence-corrected chi connectivity index (χ4v) is 5.12. The van der Waals surface area contributed by atoms with Crippen LogP contribution in [0.3, 0.4) is 0 Å². The summed E-state index contributed by atoms with van der Waals surface area (Å²) in [5, 5.41) is 2.13. The lowest BCUT2D eigenvalue weighted by Crippen LogP contribution is -2.43. The summed E-state index contributed by atoms with van der Waals surface area (Å²) in [5.41, 5.74) is 2.15. The van der Waals surface area contributed by atoms with Gasteiger partial charge in [0.2, 0.25) is 0 Å². The summed E-state index contributed by atoms with van der Waals surface area (Å²) in [7, 11) is 0. The Hall–Kier alpha value is -1.41. The van der Waals surface area contributed by atoms with Gasteiger partial charge < -0.3 is 4.74 Å². The summed E-state index contributed by atoms with van der Waals surface area (Å²) in [5.74, 6) is -0.185. The van der Waals surface area contributed by atoms with E-state index >= 15 is 0 Å². The van der Waals surface area contributed by atoms with Gasteiger partial charge in [0.25, 0.3) is 5.91 Å². The topological polar surface area (TPSA) is 45.7 Å². The summed E-state index contributed by atoms with van der Waals surface area (Å²) in [6, 6.07) is 8.67. The Kier molecular flexibility index (Phi) is 6.82. The highest BCUT2D eigenvalue weighted by atomic mass is 35.5. The van der Waals surface area contributed by atoms with Gasteiger partial charge in [0, 0.05) is 46.8 Å². The number of morpholine rings is 1. The number of amides is 1. The minimum atomic E-state index is -0.185. The second-order valence-electron chi connectivity index (χ2n) is 7.08. The van der Waals surface area contributed by atoms with Crippen LogP contribution in [0.25, 0.3) is 10.2 Å². The molecule has 9 heteroatoms. The molecule has 1 saturated heterocycles. The molecule has 30 heavy (non-hydrogen) atoms. The minimum absolute atomic E-state index is 0.185. The van der Waals surface area contributed by atoms with Gasteiger partial charge in [-0.1, -0.05) is 46.1 Å². The maximum absolute atomic E-state index is 13.5. The second-order valence-corrected chi connectivity index (χ2v) is 9.37. The van der Waals surface area contributed by atoms with Gasteiger partial charge >= 0.3 is 0 Å². The Morgan fingerprint density at radius 3 is 2.57 bits per heavy atom. The molecule has 0 saturated carbocycles. The third-order valence-corrected chi connectivity index (χ3v) is 6.96. The fraction of sp³-hybridized carbons (Fsp3) is 0.333. The van der Waals surface area contributed by atoms with E-state index in [4.69, 9.17) is 44.5 Å². The van der Waals surface area contributed by atoms with E-state index in [1.54, 1.807) is 23.1 Å². The highest BCUT2D eigenvalue weighted by molar-refractivity contribution is 7.22. The third-order valence-electron chi connectivity index (χ3n) is 5.07. The van der Waals surface area contributed by atoms with Crippen molar-refractivity contribution in [1.29, 1.82) is 0 Å². The van der Waals surface area contributed by atoms with E-state index in [0.29, 0.717) is 45.5 Å². The quantitative estimate of drug-likeness (QED) is 0.477. The zero-order chi connectivity index (χ0) is 21.3. The van der Waals surface area contributed by atoms with Crippen molar-refractivity contribution in [2.75, 3.05) is 44.3 Å². The molecule has 4 rings (SSSR count). The maximum atomic E-state index is 13.5. The number of ether oxygens (including phenoxy) is 1. The average Bonchev–Trinajstić information content (AvgIpc) is 3.15. The molecule has 1 aromatic heterocycles. The van der Waals surface area contributed by atoms with Crippen LogP contribution in [0.2, 0.25) is 15.1 Å². The molecule has 1 aliphatic rings. The smallest absolute Gasteiger partial charge is 0.260 e. The Bertz CT molecular complexity index is 1060. The van der Waals surface area contributed by atoms with Crippen molar-refractivity contribution in [3.05, 3.63) is 56.5 Å². The van der Waals surface area contributed by atoms with E-state index in [1.165, 1.54) is 11.3 Å². The molecular formula is C21H20Cl3N3O2S. The molecule has 0 N–H and O–H groups in total. The standard InChI is InChI=1S/C21H20Cl3N3O2S/c1-13-17(24)2-3-18-19(13)25-21(30-18)27(5-4-26-6-8-29-9-7-26)20(28)14-10-15(22)12-16(23)11-14/h2-3,10-12H,4-9H2,1H3. The Labute approximate surface area is 194 Å². The van der Waals surface area contributed by atoms with E-state index in [-0.39, 0.29) is 5.91 Å². The Balaban J connectivity index is 1.69. The summed E-state index contributed by atoms with van der Waals surface area (Å²) in [6.07, 6.45) is 0. The number of fused-ring (bicyclic) bond motifs is 1. The number of aryl methyl sites for hydroxylation is 1. The number of benzene rings is 2. The fourth-order valence-electron chi connectivity index (χ4n) is 3.39. The number of anilines is 1. The van der Waals surface area contributed by atoms with Crippen LogP contribution >= 0.6 is 46.1 Å². The van der Waals surface area contributed by atoms with Crippen LogP contribution in [-0.4, -0.2) is 55.2 Å². The van der Waals surface area contributed by atoms with Gasteiger partial charge in [-0.3, -0.25) is 14.6 Å². The van der Waals surface area contributed by atoms with Gasteiger partial charge in [0.05, 0.1) is 23.4 Å². The van der Waals surface area contributed by atoms with Crippen LogP contribution < -0.4 is 4.90 Å². The van der Waals surface area contributed by atoms with Gasteiger partial charge in [0.1, 0.15) is 0 Å². The van der Waals surface area contributed by atoms with Gasteiger partial charge in [0.15, 0.2) is 5.13 Å². The Morgan fingerprint density at radius 1 is 1.17 bits per heavy atom. The summed E-state index contributed by atoms with van der Waals surface area (Å²) < 4.78 is 6.41. The van der Waals surface area contributed by atoms with Crippen LogP contribution in [0.1, 0.15) is 15.9 Å². The second kappa shape index (κ2) is 9.39.